The average molecular weight is 448 g/mol. The van der Waals surface area contributed by atoms with E-state index < -0.39 is 52.7 Å². The highest BCUT2D eigenvalue weighted by atomic mass is 19.4. The molecule has 2 aromatic rings. The third-order valence-electron chi connectivity index (χ3n) is 4.59. The maximum atomic E-state index is 14.8. The molecule has 0 N–H and O–H groups in total. The van der Waals surface area contributed by atoms with Crippen molar-refractivity contribution in [1.29, 1.82) is 0 Å². The maximum Gasteiger partial charge on any atom is 0.573 e. The van der Waals surface area contributed by atoms with Crippen LogP contribution in [0.2, 0.25) is 0 Å². The fraction of sp³-hybridized carbons (Fsp3) is 0.286. The minimum Gasteiger partial charge on any atom is -0.423 e. The van der Waals surface area contributed by atoms with Gasteiger partial charge in [-0.2, -0.15) is 0 Å². The normalized spacial score (nSPS) is 13.5. The number of allylic oxidation sites excluding steroid dienone is 1. The Balaban J connectivity index is 1.90. The minimum absolute atomic E-state index is 0.0967. The topological polar surface area (TPSA) is 35.5 Å². The lowest BCUT2D eigenvalue weighted by molar-refractivity contribution is -0.276. The van der Waals surface area contributed by atoms with Crippen LogP contribution in [0.5, 0.6) is 11.5 Å². The third-order valence-corrected chi connectivity index (χ3v) is 4.59. The van der Waals surface area contributed by atoms with Gasteiger partial charge in [0.2, 0.25) is 5.75 Å². The molecule has 10 heteroatoms. The molecule has 0 saturated heterocycles. The van der Waals surface area contributed by atoms with Crippen LogP contribution in [0.1, 0.15) is 47.7 Å². The fourth-order valence-electron chi connectivity index (χ4n) is 3.31. The van der Waals surface area contributed by atoms with Gasteiger partial charge < -0.3 is 9.47 Å². The lowest BCUT2D eigenvalue weighted by Gasteiger charge is -2.19. The smallest absolute Gasteiger partial charge is 0.423 e. The molecule has 0 saturated carbocycles. The zero-order valence-corrected chi connectivity index (χ0v) is 16.0. The Bertz CT molecular complexity index is 1030. The van der Waals surface area contributed by atoms with Gasteiger partial charge in [0.1, 0.15) is 22.9 Å². The van der Waals surface area contributed by atoms with Gasteiger partial charge in [0.05, 0.1) is 0 Å². The van der Waals surface area contributed by atoms with Crippen molar-refractivity contribution in [1.82, 2.24) is 0 Å². The molecule has 0 bridgehead atoms. The molecule has 3 nitrogen and oxygen atoms in total. The van der Waals surface area contributed by atoms with Crippen LogP contribution in [0.25, 0.3) is 6.08 Å². The maximum absolute atomic E-state index is 14.8. The number of carbonyl (C=O) groups excluding carboxylic acids is 1. The van der Waals surface area contributed by atoms with E-state index >= 15 is 0 Å². The van der Waals surface area contributed by atoms with Crippen LogP contribution in [0.15, 0.2) is 23.8 Å². The molecule has 0 heterocycles. The number of alkyl halides is 3. The molecule has 2 aromatic carbocycles. The van der Waals surface area contributed by atoms with Gasteiger partial charge in [0, 0.05) is 12.1 Å². The average Bonchev–Trinajstić information content (AvgIpc) is 2.64. The lowest BCUT2D eigenvalue weighted by Crippen LogP contribution is -2.19. The zero-order valence-electron chi connectivity index (χ0n) is 16.0. The Kier molecular flexibility index (Phi) is 6.28. The Labute approximate surface area is 172 Å². The zero-order chi connectivity index (χ0) is 22.9. The van der Waals surface area contributed by atoms with E-state index in [4.69, 9.17) is 0 Å². The summed E-state index contributed by atoms with van der Waals surface area (Å²) in [6.07, 6.45) is -1.35. The van der Waals surface area contributed by atoms with E-state index in [-0.39, 0.29) is 29.7 Å². The van der Waals surface area contributed by atoms with Gasteiger partial charge in [-0.3, -0.25) is 0 Å². The van der Waals surface area contributed by atoms with Crippen molar-refractivity contribution >= 4 is 12.0 Å². The van der Waals surface area contributed by atoms with Crippen molar-refractivity contribution in [3.8, 4) is 11.5 Å². The summed E-state index contributed by atoms with van der Waals surface area (Å²) in [5.74, 6) is -10.3. The van der Waals surface area contributed by atoms with Crippen LogP contribution in [-0.4, -0.2) is 12.3 Å². The number of benzene rings is 2. The van der Waals surface area contributed by atoms with Gasteiger partial charge in [0.25, 0.3) is 0 Å². The predicted molar refractivity (Wildman–Crippen MR) is 95.6 cm³/mol. The molecular formula is C21H15F7O3. The van der Waals surface area contributed by atoms with E-state index in [1.165, 1.54) is 0 Å². The molecule has 31 heavy (non-hydrogen) atoms. The quantitative estimate of drug-likeness (QED) is 0.298. The number of carbonyl (C=O) groups is 1. The summed E-state index contributed by atoms with van der Waals surface area (Å²) >= 11 is 0. The molecule has 0 aromatic heterocycles. The van der Waals surface area contributed by atoms with Crippen molar-refractivity contribution < 1.29 is 45.0 Å². The predicted octanol–water partition coefficient (Wildman–Crippen LogP) is 6.49. The Hall–Kier alpha value is -3.04. The van der Waals surface area contributed by atoms with Crippen molar-refractivity contribution in [2.45, 2.75) is 39.0 Å². The first-order valence-electron chi connectivity index (χ1n) is 9.17. The number of esters is 1. The molecule has 0 atom stereocenters. The Morgan fingerprint density at radius 1 is 1.00 bits per heavy atom. The van der Waals surface area contributed by atoms with E-state index in [2.05, 4.69) is 9.47 Å². The second-order valence-electron chi connectivity index (χ2n) is 6.82. The molecule has 166 valence electrons. The van der Waals surface area contributed by atoms with Crippen LogP contribution in [-0.2, 0) is 6.42 Å². The largest absolute Gasteiger partial charge is 0.573 e. The molecule has 1 aliphatic carbocycles. The summed E-state index contributed by atoms with van der Waals surface area (Å²) in [4.78, 5) is 12.3. The van der Waals surface area contributed by atoms with E-state index in [9.17, 15) is 35.5 Å². The highest BCUT2D eigenvalue weighted by Crippen LogP contribution is 2.34. The van der Waals surface area contributed by atoms with E-state index in [0.717, 1.165) is 24.5 Å². The second-order valence-corrected chi connectivity index (χ2v) is 6.82. The number of halogens is 7. The second kappa shape index (κ2) is 8.60. The van der Waals surface area contributed by atoms with Gasteiger partial charge >= 0.3 is 12.3 Å². The molecule has 0 spiro atoms. The van der Waals surface area contributed by atoms with Crippen LogP contribution in [0, 0.1) is 23.3 Å². The van der Waals surface area contributed by atoms with E-state index in [1.807, 2.05) is 6.92 Å². The summed E-state index contributed by atoms with van der Waals surface area (Å²) in [6, 6.07) is 1.43. The first-order chi connectivity index (χ1) is 14.5. The molecule has 0 unspecified atom stereocenters. The highest BCUT2D eigenvalue weighted by Gasteiger charge is 2.34. The van der Waals surface area contributed by atoms with Crippen LogP contribution in [0.3, 0.4) is 0 Å². The fourth-order valence-corrected chi connectivity index (χ4v) is 3.31. The van der Waals surface area contributed by atoms with Crippen molar-refractivity contribution in [3.05, 3.63) is 63.7 Å². The summed E-state index contributed by atoms with van der Waals surface area (Å²) < 4.78 is 101. The molecule has 0 radical (unpaired) electrons. The first kappa shape index (κ1) is 22.6. The van der Waals surface area contributed by atoms with Gasteiger partial charge in [-0.15, -0.1) is 13.2 Å². The van der Waals surface area contributed by atoms with E-state index in [0.29, 0.717) is 6.42 Å². The molecule has 0 amide bonds. The van der Waals surface area contributed by atoms with Crippen molar-refractivity contribution in [2.24, 2.45) is 0 Å². The number of ether oxygens (including phenoxy) is 2. The van der Waals surface area contributed by atoms with Crippen LogP contribution >= 0.6 is 0 Å². The Morgan fingerprint density at radius 3 is 2.23 bits per heavy atom. The molecule has 1 aliphatic rings. The Morgan fingerprint density at radius 2 is 1.65 bits per heavy atom. The highest BCUT2D eigenvalue weighted by molar-refractivity contribution is 5.92. The lowest BCUT2D eigenvalue weighted by atomic mass is 9.88. The molecule has 3 rings (SSSR count). The molecular weight excluding hydrogens is 433 g/mol. The molecule has 0 fully saturated rings. The van der Waals surface area contributed by atoms with E-state index in [1.54, 1.807) is 6.08 Å². The summed E-state index contributed by atoms with van der Waals surface area (Å²) in [7, 11) is 0. The number of fused-ring (bicyclic) bond motifs is 1. The number of rotatable bonds is 5. The van der Waals surface area contributed by atoms with Crippen LogP contribution < -0.4 is 9.47 Å². The standard InChI is InChI=1S/C21H15F7O3/c1-2-3-10-4-5-13-11(6-10)7-14(22)17(18(13)25)20(29)30-12-8-15(23)19(16(24)9-12)31-21(26,27)28/h6-9H,2-5H2,1H3. The number of hydrogen-bond acceptors (Lipinski definition) is 3. The SMILES string of the molecule is CCCC1=Cc2cc(F)c(C(=O)Oc3cc(F)c(OC(F)(F)F)c(F)c3)c(F)c2CC1. The number of hydrogen-bond donors (Lipinski definition) is 0. The summed E-state index contributed by atoms with van der Waals surface area (Å²) in [5.41, 5.74) is 0.324. The van der Waals surface area contributed by atoms with Crippen molar-refractivity contribution in [3.63, 3.8) is 0 Å². The first-order valence-corrected chi connectivity index (χ1v) is 9.17. The third kappa shape index (κ3) is 5.00. The van der Waals surface area contributed by atoms with Gasteiger partial charge in [-0.05, 0) is 36.5 Å². The monoisotopic (exact) mass is 448 g/mol. The van der Waals surface area contributed by atoms with Gasteiger partial charge in [-0.25, -0.2) is 22.4 Å². The minimum atomic E-state index is -5.36. The summed E-state index contributed by atoms with van der Waals surface area (Å²) in [5, 5.41) is 0. The molecule has 0 aliphatic heterocycles. The van der Waals surface area contributed by atoms with Gasteiger partial charge in [0.15, 0.2) is 11.6 Å². The summed E-state index contributed by atoms with van der Waals surface area (Å²) in [6.45, 7) is 1.96. The van der Waals surface area contributed by atoms with Gasteiger partial charge in [-0.1, -0.05) is 25.0 Å². The van der Waals surface area contributed by atoms with Crippen molar-refractivity contribution in [2.75, 3.05) is 0 Å². The van der Waals surface area contributed by atoms with Crippen LogP contribution in [0.4, 0.5) is 30.7 Å².